The molecule has 0 unspecified atom stereocenters. The van der Waals surface area contributed by atoms with Gasteiger partial charge in [-0.25, -0.2) is 0 Å². The largest absolute Gasteiger partial charge is 0.385 e. The number of halogens is 1. The van der Waals surface area contributed by atoms with Gasteiger partial charge in [-0.1, -0.05) is 11.6 Å². The molecule has 0 radical (unpaired) electrons. The highest BCUT2D eigenvalue weighted by Crippen LogP contribution is 2.23. The van der Waals surface area contributed by atoms with E-state index in [0.29, 0.717) is 19.6 Å². The molecule has 0 aliphatic carbocycles. The first-order valence-electron chi connectivity index (χ1n) is 5.65. The van der Waals surface area contributed by atoms with Gasteiger partial charge in [-0.15, -0.1) is 0 Å². The number of ether oxygens (including phenoxy) is 1. The van der Waals surface area contributed by atoms with Crippen LogP contribution in [-0.4, -0.2) is 43.0 Å². The number of carbonyl (C=O) groups excluding carboxylic acids is 1. The zero-order valence-electron chi connectivity index (χ0n) is 10.8. The molecule has 0 spiro atoms. The van der Waals surface area contributed by atoms with E-state index in [4.69, 9.17) is 16.3 Å². The average molecular weight is 287 g/mol. The van der Waals surface area contributed by atoms with E-state index < -0.39 is 4.92 Å². The molecule has 0 aromatic heterocycles. The van der Waals surface area contributed by atoms with Crippen molar-refractivity contribution in [2.24, 2.45) is 0 Å². The highest BCUT2D eigenvalue weighted by molar-refractivity contribution is 6.34. The second-order valence-corrected chi connectivity index (χ2v) is 4.40. The van der Waals surface area contributed by atoms with Crippen molar-refractivity contribution < 1.29 is 14.5 Å². The number of rotatable bonds is 6. The van der Waals surface area contributed by atoms with Gasteiger partial charge >= 0.3 is 0 Å². The highest BCUT2D eigenvalue weighted by atomic mass is 35.5. The summed E-state index contributed by atoms with van der Waals surface area (Å²) in [5.74, 6) is -0.268. The molecular formula is C12H15ClN2O4. The van der Waals surface area contributed by atoms with Crippen LogP contribution in [0.25, 0.3) is 0 Å². The Balaban J connectivity index is 2.79. The Morgan fingerprint density at radius 3 is 2.74 bits per heavy atom. The van der Waals surface area contributed by atoms with Gasteiger partial charge in [-0.2, -0.15) is 0 Å². The van der Waals surface area contributed by atoms with Gasteiger partial charge in [-0.05, 0) is 12.5 Å². The Kier molecular flexibility index (Phi) is 5.72. The number of hydrogen-bond acceptors (Lipinski definition) is 4. The van der Waals surface area contributed by atoms with E-state index in [2.05, 4.69) is 0 Å². The maximum absolute atomic E-state index is 12.1. The summed E-state index contributed by atoms with van der Waals surface area (Å²) < 4.78 is 4.90. The lowest BCUT2D eigenvalue weighted by molar-refractivity contribution is -0.384. The van der Waals surface area contributed by atoms with Crippen LogP contribution in [0.3, 0.4) is 0 Å². The summed E-state index contributed by atoms with van der Waals surface area (Å²) in [7, 11) is 3.24. The molecule has 104 valence electrons. The van der Waals surface area contributed by atoms with Crippen LogP contribution in [0.2, 0.25) is 5.02 Å². The topological polar surface area (TPSA) is 72.7 Å². The van der Waals surface area contributed by atoms with E-state index in [1.165, 1.54) is 23.1 Å². The van der Waals surface area contributed by atoms with Gasteiger partial charge in [0, 0.05) is 39.4 Å². The number of non-ortho nitro benzene ring substituents is 1. The van der Waals surface area contributed by atoms with Gasteiger partial charge in [0.2, 0.25) is 0 Å². The molecule has 1 amide bonds. The predicted molar refractivity (Wildman–Crippen MR) is 71.6 cm³/mol. The molecule has 0 bridgehead atoms. The average Bonchev–Trinajstić information content (AvgIpc) is 2.37. The van der Waals surface area contributed by atoms with E-state index in [1.54, 1.807) is 14.2 Å². The Morgan fingerprint density at radius 1 is 1.53 bits per heavy atom. The Morgan fingerprint density at radius 2 is 2.21 bits per heavy atom. The van der Waals surface area contributed by atoms with Crippen LogP contribution in [0.5, 0.6) is 0 Å². The number of nitrogens with zero attached hydrogens (tertiary/aromatic N) is 2. The van der Waals surface area contributed by atoms with Gasteiger partial charge in [0.1, 0.15) is 0 Å². The third-order valence-electron chi connectivity index (χ3n) is 2.58. The van der Waals surface area contributed by atoms with E-state index in [-0.39, 0.29) is 22.2 Å². The number of amides is 1. The molecule has 6 nitrogen and oxygen atoms in total. The molecule has 0 saturated carbocycles. The van der Waals surface area contributed by atoms with Crippen molar-refractivity contribution in [3.8, 4) is 0 Å². The van der Waals surface area contributed by atoms with Crippen molar-refractivity contribution in [2.75, 3.05) is 27.3 Å². The zero-order valence-corrected chi connectivity index (χ0v) is 11.5. The maximum Gasteiger partial charge on any atom is 0.270 e. The molecule has 0 aliphatic rings. The smallest absolute Gasteiger partial charge is 0.270 e. The number of hydrogen-bond donors (Lipinski definition) is 0. The second-order valence-electron chi connectivity index (χ2n) is 3.99. The van der Waals surface area contributed by atoms with Gasteiger partial charge < -0.3 is 9.64 Å². The van der Waals surface area contributed by atoms with E-state index >= 15 is 0 Å². The first-order chi connectivity index (χ1) is 8.97. The van der Waals surface area contributed by atoms with Crippen LogP contribution in [-0.2, 0) is 4.74 Å². The fourth-order valence-electron chi connectivity index (χ4n) is 1.54. The zero-order chi connectivity index (χ0) is 14.4. The van der Waals surface area contributed by atoms with Crippen molar-refractivity contribution in [1.82, 2.24) is 4.90 Å². The number of methoxy groups -OCH3 is 1. The number of benzene rings is 1. The first kappa shape index (κ1) is 15.4. The SMILES string of the molecule is COCCCN(C)C(=O)c1ccc([N+](=O)[O-])cc1Cl. The lowest BCUT2D eigenvalue weighted by Gasteiger charge is -2.17. The summed E-state index contributed by atoms with van der Waals surface area (Å²) in [4.78, 5) is 23.6. The lowest BCUT2D eigenvalue weighted by Crippen LogP contribution is -2.28. The molecule has 0 aliphatic heterocycles. The van der Waals surface area contributed by atoms with E-state index in [0.717, 1.165) is 0 Å². The third kappa shape index (κ3) is 4.18. The maximum atomic E-state index is 12.1. The van der Waals surface area contributed by atoms with Crippen molar-refractivity contribution in [3.05, 3.63) is 38.9 Å². The minimum absolute atomic E-state index is 0.0813. The van der Waals surface area contributed by atoms with Crippen LogP contribution < -0.4 is 0 Å². The molecule has 0 atom stereocenters. The van der Waals surface area contributed by atoms with Crippen molar-refractivity contribution in [1.29, 1.82) is 0 Å². The lowest BCUT2D eigenvalue weighted by atomic mass is 10.2. The number of nitro groups is 1. The minimum Gasteiger partial charge on any atom is -0.385 e. The third-order valence-corrected chi connectivity index (χ3v) is 2.90. The summed E-state index contributed by atoms with van der Waals surface area (Å²) in [6, 6.07) is 3.81. The molecular weight excluding hydrogens is 272 g/mol. The van der Waals surface area contributed by atoms with Crippen LogP contribution in [0.15, 0.2) is 18.2 Å². The molecule has 1 rings (SSSR count). The first-order valence-corrected chi connectivity index (χ1v) is 6.03. The van der Waals surface area contributed by atoms with Gasteiger partial charge in [0.25, 0.3) is 11.6 Å². The Bertz CT molecular complexity index is 479. The van der Waals surface area contributed by atoms with Crippen molar-refractivity contribution in [3.63, 3.8) is 0 Å². The summed E-state index contributed by atoms with van der Waals surface area (Å²) >= 11 is 5.90. The molecule has 19 heavy (non-hydrogen) atoms. The quantitative estimate of drug-likeness (QED) is 0.457. The number of nitro benzene ring substituents is 1. The van der Waals surface area contributed by atoms with Crippen molar-refractivity contribution in [2.45, 2.75) is 6.42 Å². The predicted octanol–water partition coefficient (Wildman–Crippen LogP) is 2.36. The fraction of sp³-hybridized carbons (Fsp3) is 0.417. The molecule has 7 heteroatoms. The van der Waals surface area contributed by atoms with Crippen LogP contribution in [0.4, 0.5) is 5.69 Å². The molecule has 0 heterocycles. The Hall–Kier alpha value is -1.66. The minimum atomic E-state index is -0.553. The summed E-state index contributed by atoms with van der Waals surface area (Å²) in [6.07, 6.45) is 0.712. The fourth-order valence-corrected chi connectivity index (χ4v) is 1.80. The molecule has 1 aromatic carbocycles. The molecule has 0 fully saturated rings. The number of carbonyl (C=O) groups is 1. The van der Waals surface area contributed by atoms with Gasteiger partial charge in [-0.3, -0.25) is 14.9 Å². The summed E-state index contributed by atoms with van der Waals surface area (Å²) in [5, 5.41) is 10.7. The Labute approximate surface area is 116 Å². The van der Waals surface area contributed by atoms with E-state index in [1.807, 2.05) is 0 Å². The summed E-state index contributed by atoms with van der Waals surface area (Å²) in [5.41, 5.74) is 0.121. The molecule has 1 aromatic rings. The second kappa shape index (κ2) is 7.06. The van der Waals surface area contributed by atoms with Crippen molar-refractivity contribution >= 4 is 23.2 Å². The van der Waals surface area contributed by atoms with Crippen LogP contribution in [0.1, 0.15) is 16.8 Å². The molecule has 0 saturated heterocycles. The van der Waals surface area contributed by atoms with E-state index in [9.17, 15) is 14.9 Å². The van der Waals surface area contributed by atoms with Gasteiger partial charge in [0.15, 0.2) is 0 Å². The monoisotopic (exact) mass is 286 g/mol. The highest BCUT2D eigenvalue weighted by Gasteiger charge is 2.17. The normalized spacial score (nSPS) is 10.3. The van der Waals surface area contributed by atoms with Crippen LogP contribution >= 0.6 is 11.6 Å². The van der Waals surface area contributed by atoms with Gasteiger partial charge in [0.05, 0.1) is 15.5 Å². The summed E-state index contributed by atoms with van der Waals surface area (Å²) in [6.45, 7) is 1.09. The standard InChI is InChI=1S/C12H15ClN2O4/c1-14(6-3-7-19-2)12(16)10-5-4-9(15(17)18)8-11(10)13/h4-5,8H,3,6-7H2,1-2H3. The van der Waals surface area contributed by atoms with Crippen LogP contribution in [0, 0.1) is 10.1 Å². The molecule has 0 N–H and O–H groups in total.